The van der Waals surface area contributed by atoms with E-state index in [9.17, 15) is 9.90 Å². The largest absolute Gasteiger partial charge is 0.505 e. The first kappa shape index (κ1) is 20.2. The van der Waals surface area contributed by atoms with Crippen LogP contribution < -0.4 is 10.1 Å². The molecule has 0 radical (unpaired) electrons. The number of ether oxygens (including phenoxy) is 1. The minimum atomic E-state index is -0.460. The molecule has 1 aliphatic carbocycles. The second-order valence-corrected chi connectivity index (χ2v) is 8.06. The number of aromatic hydroxyl groups is 1. The van der Waals surface area contributed by atoms with Crippen LogP contribution in [0.15, 0.2) is 54.7 Å². The summed E-state index contributed by atoms with van der Waals surface area (Å²) in [7, 11) is 1.62. The number of nitrogens with one attached hydrogen (secondary N) is 1. The van der Waals surface area contributed by atoms with Crippen LogP contribution in [0, 0.1) is 5.92 Å². The summed E-state index contributed by atoms with van der Waals surface area (Å²) in [4.78, 5) is 17.3. The summed E-state index contributed by atoms with van der Waals surface area (Å²) in [5.41, 5.74) is 2.07. The Balaban J connectivity index is 1.66. The molecule has 1 saturated carbocycles. The van der Waals surface area contributed by atoms with E-state index in [1.807, 2.05) is 48.5 Å². The van der Waals surface area contributed by atoms with Crippen molar-refractivity contribution in [3.8, 4) is 11.5 Å². The van der Waals surface area contributed by atoms with E-state index in [2.05, 4.69) is 10.3 Å². The number of rotatable bonds is 6. The predicted octanol–water partition coefficient (Wildman–Crippen LogP) is 5.13. The highest BCUT2D eigenvalue weighted by Gasteiger charge is 2.24. The molecule has 30 heavy (non-hydrogen) atoms. The van der Waals surface area contributed by atoms with Crippen LogP contribution in [-0.4, -0.2) is 23.1 Å². The van der Waals surface area contributed by atoms with Crippen LogP contribution in [0.5, 0.6) is 11.5 Å². The highest BCUT2D eigenvalue weighted by atomic mass is 16.5. The van der Waals surface area contributed by atoms with Gasteiger partial charge in [-0.25, -0.2) is 0 Å². The fourth-order valence-electron chi connectivity index (χ4n) is 4.39. The Labute approximate surface area is 177 Å². The van der Waals surface area contributed by atoms with Crippen molar-refractivity contribution in [2.75, 3.05) is 7.11 Å². The summed E-state index contributed by atoms with van der Waals surface area (Å²) >= 11 is 0. The van der Waals surface area contributed by atoms with Crippen LogP contribution in [0.4, 0.5) is 0 Å². The van der Waals surface area contributed by atoms with Gasteiger partial charge in [-0.2, -0.15) is 0 Å². The van der Waals surface area contributed by atoms with Gasteiger partial charge in [-0.3, -0.25) is 9.78 Å². The molecule has 2 N–H and O–H groups in total. The van der Waals surface area contributed by atoms with Crippen molar-refractivity contribution >= 4 is 16.8 Å². The molecule has 0 bridgehead atoms. The number of fused-ring (bicyclic) bond motifs is 1. The number of carbonyl (C=O) groups is 1. The van der Waals surface area contributed by atoms with Gasteiger partial charge in [0.1, 0.15) is 17.0 Å². The lowest BCUT2D eigenvalue weighted by Gasteiger charge is -2.25. The number of benzene rings is 2. The third-order valence-electron chi connectivity index (χ3n) is 6.04. The van der Waals surface area contributed by atoms with Gasteiger partial charge in [-0.1, -0.05) is 49.6 Å². The minimum Gasteiger partial charge on any atom is -0.505 e. The van der Waals surface area contributed by atoms with Gasteiger partial charge in [0.05, 0.1) is 13.2 Å². The second kappa shape index (κ2) is 9.16. The molecule has 1 atom stereocenters. The lowest BCUT2D eigenvalue weighted by molar-refractivity contribution is -0.122. The number of amides is 1. The molecule has 3 aromatic rings. The highest BCUT2D eigenvalue weighted by molar-refractivity contribution is 5.86. The number of aromatic nitrogens is 1. The number of nitrogens with zero attached hydrogens (tertiary/aromatic N) is 1. The van der Waals surface area contributed by atoms with Crippen molar-refractivity contribution < 1.29 is 14.6 Å². The average molecular weight is 405 g/mol. The maximum atomic E-state index is 12.9. The maximum absolute atomic E-state index is 12.9. The number of pyridine rings is 1. The zero-order valence-corrected chi connectivity index (χ0v) is 17.3. The van der Waals surface area contributed by atoms with Gasteiger partial charge in [-0.15, -0.1) is 0 Å². The van der Waals surface area contributed by atoms with E-state index in [4.69, 9.17) is 4.74 Å². The van der Waals surface area contributed by atoms with E-state index >= 15 is 0 Å². The van der Waals surface area contributed by atoms with Crippen LogP contribution in [0.3, 0.4) is 0 Å². The van der Waals surface area contributed by atoms with Crippen LogP contribution in [-0.2, 0) is 4.79 Å². The Hall–Kier alpha value is -3.08. The molecule has 1 heterocycles. The second-order valence-electron chi connectivity index (χ2n) is 8.06. The summed E-state index contributed by atoms with van der Waals surface area (Å²) in [6.07, 6.45) is 8.10. The van der Waals surface area contributed by atoms with Crippen LogP contribution >= 0.6 is 0 Å². The van der Waals surface area contributed by atoms with E-state index < -0.39 is 6.04 Å². The predicted molar refractivity (Wildman–Crippen MR) is 118 cm³/mol. The standard InChI is InChI=1S/C25H28N2O3/c1-30-20-12-9-19(10-13-20)23(27-22(28)16-17-6-3-2-4-7-17)21-14-11-18-8-5-15-26-24(18)25(21)29/h5,8-15,17,23,29H,2-4,6-7,16H2,1H3,(H,27,28). The normalized spacial score (nSPS) is 15.6. The monoisotopic (exact) mass is 404 g/mol. The Morgan fingerprint density at radius 3 is 2.63 bits per heavy atom. The van der Waals surface area contributed by atoms with Crippen molar-refractivity contribution in [3.63, 3.8) is 0 Å². The third-order valence-corrected chi connectivity index (χ3v) is 6.04. The summed E-state index contributed by atoms with van der Waals surface area (Å²) in [5, 5.41) is 15.0. The Morgan fingerprint density at radius 2 is 1.90 bits per heavy atom. The molecule has 0 saturated heterocycles. The Morgan fingerprint density at radius 1 is 1.13 bits per heavy atom. The smallest absolute Gasteiger partial charge is 0.221 e. The van der Waals surface area contributed by atoms with Crippen LogP contribution in [0.1, 0.15) is 55.7 Å². The molecule has 156 valence electrons. The van der Waals surface area contributed by atoms with Crippen LogP contribution in [0.2, 0.25) is 0 Å². The fourth-order valence-corrected chi connectivity index (χ4v) is 4.39. The molecule has 5 nitrogen and oxygen atoms in total. The summed E-state index contributed by atoms with van der Waals surface area (Å²) in [6, 6.07) is 14.7. The van der Waals surface area contributed by atoms with E-state index in [-0.39, 0.29) is 11.7 Å². The van der Waals surface area contributed by atoms with E-state index in [1.54, 1.807) is 13.3 Å². The number of methoxy groups -OCH3 is 1. The minimum absolute atomic E-state index is 0.0169. The molecular formula is C25H28N2O3. The Kier molecular flexibility index (Phi) is 6.17. The molecule has 1 aromatic heterocycles. The van der Waals surface area contributed by atoms with E-state index in [1.165, 1.54) is 19.3 Å². The molecule has 4 rings (SSSR count). The molecule has 1 amide bonds. The summed E-state index contributed by atoms with van der Waals surface area (Å²) < 4.78 is 5.27. The van der Waals surface area contributed by atoms with Crippen molar-refractivity contribution in [1.29, 1.82) is 0 Å². The first-order chi connectivity index (χ1) is 14.7. The quantitative estimate of drug-likeness (QED) is 0.598. The lowest BCUT2D eigenvalue weighted by atomic mass is 9.86. The molecule has 0 spiro atoms. The molecule has 1 unspecified atom stereocenters. The van der Waals surface area contributed by atoms with Crippen molar-refractivity contribution in [2.24, 2.45) is 5.92 Å². The van der Waals surface area contributed by atoms with Gasteiger partial charge in [-0.05, 0) is 42.5 Å². The molecule has 1 aliphatic rings. The third kappa shape index (κ3) is 4.40. The molecule has 5 heteroatoms. The van der Waals surface area contributed by atoms with Gasteiger partial charge in [0.2, 0.25) is 5.91 Å². The van der Waals surface area contributed by atoms with Crippen molar-refractivity contribution in [3.05, 3.63) is 65.9 Å². The molecule has 0 aliphatic heterocycles. The first-order valence-electron chi connectivity index (χ1n) is 10.7. The zero-order chi connectivity index (χ0) is 20.9. The molecule has 1 fully saturated rings. The fraction of sp³-hybridized carbons (Fsp3) is 0.360. The topological polar surface area (TPSA) is 71.5 Å². The van der Waals surface area contributed by atoms with E-state index in [0.717, 1.165) is 29.5 Å². The number of carbonyl (C=O) groups excluding carboxylic acids is 1. The van der Waals surface area contributed by atoms with Gasteiger partial charge < -0.3 is 15.2 Å². The zero-order valence-electron chi connectivity index (χ0n) is 17.3. The van der Waals surface area contributed by atoms with Crippen LogP contribution in [0.25, 0.3) is 10.9 Å². The molecular weight excluding hydrogens is 376 g/mol. The Bertz CT molecular complexity index is 1010. The summed E-state index contributed by atoms with van der Waals surface area (Å²) in [6.45, 7) is 0. The number of hydrogen-bond acceptors (Lipinski definition) is 4. The number of hydrogen-bond donors (Lipinski definition) is 2. The van der Waals surface area contributed by atoms with Gasteiger partial charge in [0.25, 0.3) is 0 Å². The SMILES string of the molecule is COc1ccc(C(NC(=O)CC2CCCCC2)c2ccc3cccnc3c2O)cc1. The van der Waals surface area contributed by atoms with Gasteiger partial charge >= 0.3 is 0 Å². The van der Waals surface area contributed by atoms with Crippen molar-refractivity contribution in [1.82, 2.24) is 10.3 Å². The van der Waals surface area contributed by atoms with Crippen molar-refractivity contribution in [2.45, 2.75) is 44.6 Å². The number of phenolic OH excluding ortho intramolecular Hbond substituents is 1. The lowest BCUT2D eigenvalue weighted by Crippen LogP contribution is -2.31. The van der Waals surface area contributed by atoms with Gasteiger partial charge in [0.15, 0.2) is 0 Å². The average Bonchev–Trinajstić information content (AvgIpc) is 2.79. The van der Waals surface area contributed by atoms with E-state index in [0.29, 0.717) is 23.4 Å². The number of phenols is 1. The maximum Gasteiger partial charge on any atom is 0.221 e. The first-order valence-corrected chi connectivity index (χ1v) is 10.7. The van der Waals surface area contributed by atoms with Gasteiger partial charge in [0, 0.05) is 23.6 Å². The molecule has 2 aromatic carbocycles. The summed E-state index contributed by atoms with van der Waals surface area (Å²) in [5.74, 6) is 1.31. The highest BCUT2D eigenvalue weighted by Crippen LogP contribution is 2.35.